The zero-order valence-electron chi connectivity index (χ0n) is 16.9. The molecule has 5 heteroatoms. The third-order valence-corrected chi connectivity index (χ3v) is 7.09. The Morgan fingerprint density at radius 3 is 0.968 bits per heavy atom. The van der Waals surface area contributed by atoms with Crippen molar-refractivity contribution in [3.63, 3.8) is 0 Å². The van der Waals surface area contributed by atoms with Crippen LogP contribution in [-0.2, 0) is 70.0 Å². The summed E-state index contributed by atoms with van der Waals surface area (Å²) in [7, 11) is -0.650. The molecule has 31 heavy (non-hydrogen) atoms. The Bertz CT molecular complexity index is 832. The van der Waals surface area contributed by atoms with Crippen molar-refractivity contribution in [1.29, 1.82) is 0 Å². The fraction of sp³-hybridized carbons (Fsp3) is 0.0385. The summed E-state index contributed by atoms with van der Waals surface area (Å²) < 4.78 is 0. The van der Waals surface area contributed by atoms with Crippen LogP contribution in [0, 0.1) is 6.92 Å². The molecule has 0 saturated heterocycles. The van der Waals surface area contributed by atoms with E-state index in [0.717, 1.165) is 16.0 Å². The van der Waals surface area contributed by atoms with E-state index in [0.29, 0.717) is 0 Å². The van der Waals surface area contributed by atoms with Crippen LogP contribution in [0.25, 0.3) is 0 Å². The van der Waals surface area contributed by atoms with E-state index in [1.54, 1.807) is 0 Å². The van der Waals surface area contributed by atoms with Crippen LogP contribution in [-0.4, -0.2) is 6.16 Å². The zero-order chi connectivity index (χ0) is 20.7. The summed E-state index contributed by atoms with van der Waals surface area (Å²) >= 11 is 9.62. The van der Waals surface area contributed by atoms with Crippen LogP contribution in [0.15, 0.2) is 131 Å². The van der Waals surface area contributed by atoms with E-state index in [2.05, 4.69) is 67.6 Å². The molecule has 0 amide bonds. The van der Waals surface area contributed by atoms with Gasteiger partial charge in [0.15, 0.2) is 0 Å². The van der Waals surface area contributed by atoms with Gasteiger partial charge < -0.3 is 32.2 Å². The molecule has 0 atom stereocenters. The minimum absolute atomic E-state index is 0. The first-order valence-electron chi connectivity index (χ1n) is 9.40. The van der Waals surface area contributed by atoms with Crippen LogP contribution < -0.4 is 10.6 Å². The Labute approximate surface area is 230 Å². The van der Waals surface area contributed by atoms with Gasteiger partial charge in [0.05, 0.1) is 10.6 Å². The second-order valence-electron chi connectivity index (χ2n) is 6.09. The molecule has 0 fully saturated rings. The smallest absolute Gasteiger partial charge is 0.780 e. The summed E-state index contributed by atoms with van der Waals surface area (Å²) in [5, 5.41) is 2.90. The predicted molar refractivity (Wildman–Crippen MR) is 135 cm³/mol. The van der Waals surface area contributed by atoms with Gasteiger partial charge >= 0.3 is 22.4 Å². The van der Waals surface area contributed by atoms with E-state index in [4.69, 9.17) is 25.3 Å². The molecule has 0 aliphatic rings. The van der Waals surface area contributed by atoms with Crippen molar-refractivity contribution in [2.75, 3.05) is 6.16 Å². The summed E-state index contributed by atoms with van der Waals surface area (Å²) in [6, 6.07) is 40.7. The van der Waals surface area contributed by atoms with Gasteiger partial charge in [0.25, 0.3) is 0 Å². The topological polar surface area (TPSA) is 0 Å². The van der Waals surface area contributed by atoms with Gasteiger partial charge in [-0.2, -0.15) is 9.79 Å². The maximum atomic E-state index is 4.81. The Kier molecular flexibility index (Phi) is 18.3. The fourth-order valence-corrected chi connectivity index (χ4v) is 4.99. The van der Waals surface area contributed by atoms with Gasteiger partial charge in [-0.1, -0.05) is 103 Å². The summed E-state index contributed by atoms with van der Waals surface area (Å²) in [5.41, 5.74) is 0. The van der Waals surface area contributed by atoms with E-state index < -0.39 is 7.92 Å². The summed E-state index contributed by atoms with van der Waals surface area (Å²) in [5.74, 6) is 0. The number of benzene rings is 4. The van der Waals surface area contributed by atoms with Crippen LogP contribution in [0.2, 0.25) is 0 Å². The van der Waals surface area contributed by atoms with Crippen LogP contribution >= 0.6 is 7.92 Å². The third-order valence-electron chi connectivity index (χ3n) is 3.98. The molecule has 4 aromatic rings. The monoisotopic (exact) mass is 826 g/mol. The molecule has 169 valence electrons. The third kappa shape index (κ3) is 12.8. The van der Waals surface area contributed by atoms with Gasteiger partial charge in [-0.25, -0.2) is 0 Å². The van der Waals surface area contributed by atoms with Gasteiger partial charge in [0.1, 0.15) is 0 Å². The molecule has 4 aromatic carbocycles. The van der Waals surface area contributed by atoms with Crippen LogP contribution in [0.4, 0.5) is 0 Å². The molecule has 0 heterocycles. The van der Waals surface area contributed by atoms with Gasteiger partial charge in [0, 0.05) is 30.3 Å². The Morgan fingerprint density at radius 2 is 0.774 bits per heavy atom. The second kappa shape index (κ2) is 18.8. The van der Waals surface area contributed by atoms with E-state index in [1.807, 2.05) is 60.7 Å². The molecule has 0 saturated carbocycles. The Morgan fingerprint density at radius 1 is 0.516 bits per heavy atom. The molecule has 0 aliphatic carbocycles. The van der Waals surface area contributed by atoms with Crippen molar-refractivity contribution in [1.82, 2.24) is 0 Å². The van der Waals surface area contributed by atoms with Gasteiger partial charge in [-0.05, 0) is 24.3 Å². The number of rotatable bonds is 3. The zero-order valence-corrected chi connectivity index (χ0v) is 23.8. The normalized spacial score (nSPS) is 8.97. The first-order valence-corrected chi connectivity index (χ1v) is 11.9. The molecule has 0 aromatic heterocycles. The minimum Gasteiger partial charge on any atom is -0.780 e. The average molecular weight is 827 g/mol. The average Bonchev–Trinajstić information content (AvgIpc) is 2.78. The predicted octanol–water partition coefficient (Wildman–Crippen LogP) is 5.87. The molecule has 4 rings (SSSR count). The summed E-state index contributed by atoms with van der Waals surface area (Å²) in [4.78, 5) is 1.81. The maximum absolute atomic E-state index is 4.81. The molecule has 0 spiro atoms. The van der Waals surface area contributed by atoms with Crippen molar-refractivity contribution in [2.45, 2.75) is 9.79 Å². The van der Waals surface area contributed by atoms with Crippen molar-refractivity contribution >= 4 is 43.8 Å². The van der Waals surface area contributed by atoms with E-state index in [-0.39, 0.29) is 44.8 Å². The van der Waals surface area contributed by atoms with E-state index in [1.165, 1.54) is 10.6 Å². The van der Waals surface area contributed by atoms with Crippen molar-refractivity contribution in [2.24, 2.45) is 0 Å². The fourth-order valence-electron chi connectivity index (χ4n) is 2.58. The molecule has 0 bridgehead atoms. The largest absolute Gasteiger partial charge is 1.00 e. The van der Waals surface area contributed by atoms with E-state index >= 15 is 0 Å². The molecule has 1 radical (unpaired) electrons. The summed E-state index contributed by atoms with van der Waals surface area (Å²) in [6.45, 7) is 4.08. The van der Waals surface area contributed by atoms with Gasteiger partial charge in [-0.3, -0.25) is 0 Å². The number of hydrogen-bond donors (Lipinski definition) is 0. The quantitative estimate of drug-likeness (QED) is 0.110. The van der Waals surface area contributed by atoms with Crippen molar-refractivity contribution in [3.8, 4) is 0 Å². The first kappa shape index (κ1) is 30.2. The first-order chi connectivity index (χ1) is 14.2. The SMILES string of the molecule is [Au+].[Au].[CH2-]C[PH+](c1ccccc1)c1ccccc1.[S-]c1ccccc1.[S-]c1ccccc1. The van der Waals surface area contributed by atoms with Gasteiger partial charge in [-0.15, -0.1) is 0 Å². The van der Waals surface area contributed by atoms with Crippen molar-refractivity contribution in [3.05, 3.63) is 128 Å². The number of hydrogen-bond acceptors (Lipinski definition) is 2. The van der Waals surface area contributed by atoms with Gasteiger partial charge in [0.2, 0.25) is 0 Å². The minimum atomic E-state index is -0.650. The van der Waals surface area contributed by atoms with E-state index in [9.17, 15) is 0 Å². The molecule has 0 aliphatic heterocycles. The molecule has 0 unspecified atom stereocenters. The standard InChI is InChI=1S/C14H14P.2C6H6S.2Au/c1-2-15(13-9-5-3-6-10-13)14-11-7-4-8-12-14;2*7-6-4-2-1-3-5-6;;/h3-12H,1-2H2;2*1-5,7H;;/q-1;;;;+1/p-1. The molecule has 0 N–H and O–H groups in total. The van der Waals surface area contributed by atoms with Crippen molar-refractivity contribution < 1.29 is 44.8 Å². The Hall–Kier alpha value is -0.769. The Balaban J connectivity index is 0.000000475. The molecule has 0 nitrogen and oxygen atoms in total. The van der Waals surface area contributed by atoms with Crippen LogP contribution in [0.3, 0.4) is 0 Å². The molecular formula is C26H25Au2PS2-. The van der Waals surface area contributed by atoms with Crippen LogP contribution in [0.5, 0.6) is 0 Å². The maximum Gasteiger partial charge on any atom is 1.00 e. The van der Waals surface area contributed by atoms with Crippen LogP contribution in [0.1, 0.15) is 0 Å². The summed E-state index contributed by atoms with van der Waals surface area (Å²) in [6.07, 6.45) is 0.999. The molecular weight excluding hydrogens is 801 g/mol. The second-order valence-corrected chi connectivity index (χ2v) is 9.64.